The van der Waals surface area contributed by atoms with E-state index in [1.54, 1.807) is 0 Å². The molecule has 3 heteroatoms. The van der Waals surface area contributed by atoms with Crippen LogP contribution in [-0.2, 0) is 13.1 Å². The molecule has 0 atom stereocenters. The van der Waals surface area contributed by atoms with Crippen LogP contribution in [0.15, 0.2) is 12.5 Å². The molecule has 0 saturated heterocycles. The first kappa shape index (κ1) is 10.7. The molecule has 1 N–H and O–H groups in total. The molecule has 0 radical (unpaired) electrons. The van der Waals surface area contributed by atoms with Gasteiger partial charge in [-0.05, 0) is 31.7 Å². The molecule has 0 bridgehead atoms. The van der Waals surface area contributed by atoms with Gasteiger partial charge in [-0.2, -0.15) is 0 Å². The van der Waals surface area contributed by atoms with E-state index in [4.69, 9.17) is 0 Å². The van der Waals surface area contributed by atoms with Gasteiger partial charge in [0.1, 0.15) is 0 Å². The number of hydrogen-bond donors (Lipinski definition) is 1. The lowest BCUT2D eigenvalue weighted by Crippen LogP contribution is -2.27. The average molecular weight is 207 g/mol. The Hall–Kier alpha value is -0.830. The van der Waals surface area contributed by atoms with Crippen LogP contribution in [0.3, 0.4) is 0 Å². The molecule has 1 heterocycles. The highest BCUT2D eigenvalue weighted by Gasteiger charge is 2.16. The van der Waals surface area contributed by atoms with Crippen LogP contribution in [0.2, 0.25) is 0 Å². The van der Waals surface area contributed by atoms with Gasteiger partial charge in [0.25, 0.3) is 0 Å². The highest BCUT2D eigenvalue weighted by Crippen LogP contribution is 2.25. The van der Waals surface area contributed by atoms with Gasteiger partial charge in [-0.25, -0.2) is 4.98 Å². The quantitative estimate of drug-likeness (QED) is 0.775. The molecule has 1 aromatic rings. The molecule has 1 fully saturated rings. The predicted molar refractivity (Wildman–Crippen MR) is 61.6 cm³/mol. The van der Waals surface area contributed by atoms with Crippen molar-refractivity contribution in [3.63, 3.8) is 0 Å². The van der Waals surface area contributed by atoms with Gasteiger partial charge in [-0.15, -0.1) is 0 Å². The van der Waals surface area contributed by atoms with Crippen LogP contribution in [0, 0.1) is 5.92 Å². The van der Waals surface area contributed by atoms with Crippen LogP contribution in [0.4, 0.5) is 0 Å². The minimum atomic E-state index is 0.938. The maximum atomic E-state index is 4.20. The van der Waals surface area contributed by atoms with Crippen molar-refractivity contribution in [3.05, 3.63) is 18.2 Å². The fourth-order valence-electron chi connectivity index (χ4n) is 2.04. The largest absolute Gasteiger partial charge is 0.333 e. The maximum absolute atomic E-state index is 4.20. The molecule has 15 heavy (non-hydrogen) atoms. The summed E-state index contributed by atoms with van der Waals surface area (Å²) in [7, 11) is 0. The number of imidazole rings is 1. The summed E-state index contributed by atoms with van der Waals surface area (Å²) in [6, 6.07) is 0. The summed E-state index contributed by atoms with van der Waals surface area (Å²) in [4.78, 5) is 4.20. The molecule has 2 rings (SSSR count). The third-order valence-corrected chi connectivity index (χ3v) is 3.23. The van der Waals surface area contributed by atoms with E-state index in [1.807, 2.05) is 12.5 Å². The second-order valence-electron chi connectivity index (χ2n) is 4.51. The fourth-order valence-corrected chi connectivity index (χ4v) is 2.04. The number of aryl methyl sites for hydroxylation is 1. The van der Waals surface area contributed by atoms with Crippen molar-refractivity contribution in [1.29, 1.82) is 0 Å². The van der Waals surface area contributed by atoms with Crippen molar-refractivity contribution in [1.82, 2.24) is 14.9 Å². The number of nitrogens with one attached hydrogen (secondary N) is 1. The zero-order chi connectivity index (χ0) is 10.5. The van der Waals surface area contributed by atoms with Crippen molar-refractivity contribution in [3.8, 4) is 0 Å². The molecular formula is C12H21N3. The van der Waals surface area contributed by atoms with Crippen molar-refractivity contribution in [2.45, 2.75) is 45.7 Å². The summed E-state index contributed by atoms with van der Waals surface area (Å²) < 4.78 is 2.24. The van der Waals surface area contributed by atoms with Crippen LogP contribution in [-0.4, -0.2) is 16.1 Å². The Morgan fingerprint density at radius 2 is 2.40 bits per heavy atom. The Morgan fingerprint density at radius 3 is 3.07 bits per heavy atom. The minimum Gasteiger partial charge on any atom is -0.333 e. The van der Waals surface area contributed by atoms with Crippen molar-refractivity contribution < 1.29 is 0 Å². The van der Waals surface area contributed by atoms with Gasteiger partial charge in [0.05, 0.1) is 12.0 Å². The first-order valence-corrected chi connectivity index (χ1v) is 6.10. The van der Waals surface area contributed by atoms with Crippen LogP contribution in [0.5, 0.6) is 0 Å². The van der Waals surface area contributed by atoms with E-state index < -0.39 is 0 Å². The minimum absolute atomic E-state index is 0.938. The van der Waals surface area contributed by atoms with Gasteiger partial charge >= 0.3 is 0 Å². The lowest BCUT2D eigenvalue weighted by atomic mass is 9.85. The monoisotopic (exact) mass is 207 g/mol. The van der Waals surface area contributed by atoms with E-state index in [9.17, 15) is 0 Å². The summed E-state index contributed by atoms with van der Waals surface area (Å²) in [5, 5.41) is 3.53. The number of hydrogen-bond acceptors (Lipinski definition) is 2. The standard InChI is InChI=1S/C12H21N3/c1-2-6-15-10-14-9-12(15)8-13-7-11-4-3-5-11/h9-11,13H,2-8H2,1H3. The van der Waals surface area contributed by atoms with E-state index in [2.05, 4.69) is 21.8 Å². The summed E-state index contributed by atoms with van der Waals surface area (Å²) in [5.41, 5.74) is 1.32. The molecule has 0 unspecified atom stereocenters. The maximum Gasteiger partial charge on any atom is 0.0948 e. The molecule has 0 amide bonds. The van der Waals surface area contributed by atoms with Crippen LogP contribution < -0.4 is 5.32 Å². The van der Waals surface area contributed by atoms with E-state index in [1.165, 1.54) is 37.9 Å². The molecule has 1 aliphatic rings. The van der Waals surface area contributed by atoms with Gasteiger partial charge in [0.2, 0.25) is 0 Å². The predicted octanol–water partition coefficient (Wildman–Crippen LogP) is 2.18. The lowest BCUT2D eigenvalue weighted by molar-refractivity contribution is 0.300. The third-order valence-electron chi connectivity index (χ3n) is 3.23. The zero-order valence-corrected chi connectivity index (χ0v) is 9.58. The lowest BCUT2D eigenvalue weighted by Gasteiger charge is -2.25. The second kappa shape index (κ2) is 5.31. The number of aromatic nitrogens is 2. The Kier molecular flexibility index (Phi) is 3.78. The van der Waals surface area contributed by atoms with E-state index in [0.29, 0.717) is 0 Å². The van der Waals surface area contributed by atoms with Crippen LogP contribution in [0.25, 0.3) is 0 Å². The Labute approximate surface area is 91.9 Å². The SMILES string of the molecule is CCCn1cncc1CNCC1CCC1. The molecule has 0 aliphatic heterocycles. The van der Waals surface area contributed by atoms with E-state index in [0.717, 1.165) is 19.0 Å². The molecule has 1 saturated carbocycles. The molecule has 1 aromatic heterocycles. The summed E-state index contributed by atoms with van der Waals surface area (Å²) in [6.45, 7) is 5.43. The van der Waals surface area contributed by atoms with Crippen LogP contribution in [0.1, 0.15) is 38.3 Å². The van der Waals surface area contributed by atoms with Crippen LogP contribution >= 0.6 is 0 Å². The topological polar surface area (TPSA) is 29.9 Å². The van der Waals surface area contributed by atoms with Crippen molar-refractivity contribution in [2.75, 3.05) is 6.54 Å². The first-order valence-electron chi connectivity index (χ1n) is 6.10. The van der Waals surface area contributed by atoms with Gasteiger partial charge in [0, 0.05) is 19.3 Å². The molecular weight excluding hydrogens is 186 g/mol. The Balaban J connectivity index is 1.73. The average Bonchev–Trinajstić information content (AvgIpc) is 2.58. The molecule has 0 spiro atoms. The van der Waals surface area contributed by atoms with Gasteiger partial charge in [-0.1, -0.05) is 13.3 Å². The molecule has 1 aliphatic carbocycles. The van der Waals surface area contributed by atoms with Gasteiger partial charge in [0.15, 0.2) is 0 Å². The Morgan fingerprint density at radius 1 is 1.53 bits per heavy atom. The van der Waals surface area contributed by atoms with E-state index >= 15 is 0 Å². The number of rotatable bonds is 6. The third kappa shape index (κ3) is 2.81. The summed E-state index contributed by atoms with van der Waals surface area (Å²) >= 11 is 0. The van der Waals surface area contributed by atoms with Crippen molar-refractivity contribution >= 4 is 0 Å². The molecule has 3 nitrogen and oxygen atoms in total. The fraction of sp³-hybridized carbons (Fsp3) is 0.750. The van der Waals surface area contributed by atoms with Crippen molar-refractivity contribution in [2.24, 2.45) is 5.92 Å². The normalized spacial score (nSPS) is 16.6. The molecule has 0 aromatic carbocycles. The van der Waals surface area contributed by atoms with E-state index in [-0.39, 0.29) is 0 Å². The summed E-state index contributed by atoms with van der Waals surface area (Å²) in [6.07, 6.45) is 9.35. The second-order valence-corrected chi connectivity index (χ2v) is 4.51. The highest BCUT2D eigenvalue weighted by atomic mass is 15.1. The molecule has 84 valence electrons. The Bertz CT molecular complexity index is 289. The first-order chi connectivity index (χ1) is 7.40. The smallest absolute Gasteiger partial charge is 0.0948 e. The highest BCUT2D eigenvalue weighted by molar-refractivity contribution is 4.97. The zero-order valence-electron chi connectivity index (χ0n) is 9.58. The van der Waals surface area contributed by atoms with Gasteiger partial charge < -0.3 is 9.88 Å². The summed E-state index contributed by atoms with van der Waals surface area (Å²) in [5.74, 6) is 0.938. The number of nitrogens with zero attached hydrogens (tertiary/aromatic N) is 2. The van der Waals surface area contributed by atoms with Gasteiger partial charge in [-0.3, -0.25) is 0 Å².